The van der Waals surface area contributed by atoms with E-state index in [4.69, 9.17) is 0 Å². The van der Waals surface area contributed by atoms with Gasteiger partial charge in [0.25, 0.3) is 0 Å². The number of aromatic nitrogens is 1. The summed E-state index contributed by atoms with van der Waals surface area (Å²) in [5, 5.41) is 1.37. The summed E-state index contributed by atoms with van der Waals surface area (Å²) in [5.74, 6) is 0. The van der Waals surface area contributed by atoms with Crippen LogP contribution in [-0.2, 0) is 13.5 Å². The second kappa shape index (κ2) is 4.52. The third-order valence-electron chi connectivity index (χ3n) is 3.02. The van der Waals surface area contributed by atoms with Gasteiger partial charge in [-0.3, -0.25) is 0 Å². The zero-order valence-corrected chi connectivity index (χ0v) is 9.66. The molecule has 0 saturated carbocycles. The minimum Gasteiger partial charge on any atom is -0.351 e. The Kier molecular flexibility index (Phi) is 3.10. The molecule has 0 aliphatic rings. The highest BCUT2D eigenvalue weighted by Crippen LogP contribution is 2.18. The van der Waals surface area contributed by atoms with Gasteiger partial charge in [-0.05, 0) is 42.0 Å². The van der Waals surface area contributed by atoms with Crippen LogP contribution in [0.1, 0.15) is 31.7 Å². The first-order valence-electron chi connectivity index (χ1n) is 5.85. The van der Waals surface area contributed by atoms with Crippen LogP contribution in [0.2, 0.25) is 0 Å². The Hall–Kier alpha value is -1.24. The number of benzene rings is 1. The predicted octanol–water partition coefficient (Wildman–Crippen LogP) is 3.91. The molecule has 0 aliphatic heterocycles. The minimum absolute atomic E-state index is 1.22. The zero-order chi connectivity index (χ0) is 10.7. The maximum absolute atomic E-state index is 2.32. The van der Waals surface area contributed by atoms with Gasteiger partial charge < -0.3 is 4.57 Å². The normalized spacial score (nSPS) is 11.1. The molecule has 2 aromatic rings. The fourth-order valence-electron chi connectivity index (χ4n) is 2.07. The van der Waals surface area contributed by atoms with E-state index in [1.54, 1.807) is 0 Å². The van der Waals surface area contributed by atoms with E-state index in [2.05, 4.69) is 49.0 Å². The number of rotatable bonds is 4. The number of unbranched alkanes of at least 4 members (excludes halogenated alkanes) is 2. The first-order chi connectivity index (χ1) is 7.31. The van der Waals surface area contributed by atoms with Gasteiger partial charge in [0.15, 0.2) is 0 Å². The second-order valence-corrected chi connectivity index (χ2v) is 4.28. The maximum Gasteiger partial charge on any atom is 0.0477 e. The standard InChI is InChI=1S/C14H19N/c1-3-4-5-6-12-7-8-14-13(11-12)9-10-15(14)2/h7-11H,3-6H2,1-2H3. The molecule has 1 heterocycles. The maximum atomic E-state index is 2.32. The van der Waals surface area contributed by atoms with E-state index in [0.29, 0.717) is 0 Å². The first kappa shape index (κ1) is 10.3. The summed E-state index contributed by atoms with van der Waals surface area (Å²) in [6.45, 7) is 2.25. The van der Waals surface area contributed by atoms with Gasteiger partial charge in [-0.1, -0.05) is 25.8 Å². The van der Waals surface area contributed by atoms with Gasteiger partial charge in [-0.15, -0.1) is 0 Å². The highest BCUT2D eigenvalue weighted by atomic mass is 14.9. The van der Waals surface area contributed by atoms with Crippen LogP contribution in [0.5, 0.6) is 0 Å². The molecule has 1 aromatic heterocycles. The highest BCUT2D eigenvalue weighted by Gasteiger charge is 1.99. The first-order valence-corrected chi connectivity index (χ1v) is 5.85. The van der Waals surface area contributed by atoms with Crippen molar-refractivity contribution in [2.75, 3.05) is 0 Å². The SMILES string of the molecule is CCCCCc1ccc2c(ccn2C)c1. The molecule has 80 valence electrons. The Labute approximate surface area is 91.7 Å². The van der Waals surface area contributed by atoms with Gasteiger partial charge >= 0.3 is 0 Å². The Balaban J connectivity index is 2.16. The molecule has 0 spiro atoms. The van der Waals surface area contributed by atoms with Gasteiger partial charge in [-0.25, -0.2) is 0 Å². The van der Waals surface area contributed by atoms with Crippen molar-refractivity contribution in [1.29, 1.82) is 0 Å². The summed E-state index contributed by atoms with van der Waals surface area (Å²) in [4.78, 5) is 0. The fourth-order valence-corrected chi connectivity index (χ4v) is 2.07. The summed E-state index contributed by atoms with van der Waals surface area (Å²) < 4.78 is 2.17. The molecule has 1 heteroatoms. The van der Waals surface area contributed by atoms with E-state index in [0.717, 1.165) is 0 Å². The van der Waals surface area contributed by atoms with Crippen LogP contribution in [-0.4, -0.2) is 4.57 Å². The smallest absolute Gasteiger partial charge is 0.0477 e. The lowest BCUT2D eigenvalue weighted by molar-refractivity contribution is 0.718. The molecular weight excluding hydrogens is 182 g/mol. The summed E-state index contributed by atoms with van der Waals surface area (Å²) in [6, 6.07) is 9.01. The minimum atomic E-state index is 1.22. The number of aryl methyl sites for hydroxylation is 2. The fraction of sp³-hybridized carbons (Fsp3) is 0.429. The number of hydrogen-bond acceptors (Lipinski definition) is 0. The van der Waals surface area contributed by atoms with Gasteiger partial charge in [0.2, 0.25) is 0 Å². The lowest BCUT2D eigenvalue weighted by atomic mass is 10.1. The zero-order valence-electron chi connectivity index (χ0n) is 9.66. The van der Waals surface area contributed by atoms with Crippen LogP contribution in [0, 0.1) is 0 Å². The molecule has 15 heavy (non-hydrogen) atoms. The van der Waals surface area contributed by atoms with Crippen LogP contribution in [0.15, 0.2) is 30.5 Å². The molecule has 0 N–H and O–H groups in total. The average Bonchev–Trinajstić information content (AvgIpc) is 2.61. The van der Waals surface area contributed by atoms with Crippen molar-refractivity contribution in [3.63, 3.8) is 0 Å². The molecule has 0 amide bonds. The largest absolute Gasteiger partial charge is 0.351 e. The second-order valence-electron chi connectivity index (χ2n) is 4.28. The van der Waals surface area contributed by atoms with Gasteiger partial charge in [-0.2, -0.15) is 0 Å². The lowest BCUT2D eigenvalue weighted by Gasteiger charge is -2.02. The van der Waals surface area contributed by atoms with Crippen molar-refractivity contribution in [2.45, 2.75) is 32.6 Å². The third-order valence-corrected chi connectivity index (χ3v) is 3.02. The van der Waals surface area contributed by atoms with Crippen LogP contribution in [0.25, 0.3) is 10.9 Å². The van der Waals surface area contributed by atoms with Crippen LogP contribution in [0.4, 0.5) is 0 Å². The van der Waals surface area contributed by atoms with Crippen molar-refractivity contribution in [1.82, 2.24) is 4.57 Å². The lowest BCUT2D eigenvalue weighted by Crippen LogP contribution is -1.87. The Morgan fingerprint density at radius 3 is 2.80 bits per heavy atom. The summed E-state index contributed by atoms with van der Waals surface area (Å²) in [5.41, 5.74) is 2.80. The molecule has 0 bridgehead atoms. The molecule has 1 aromatic carbocycles. The topological polar surface area (TPSA) is 4.93 Å². The number of nitrogens with zero attached hydrogens (tertiary/aromatic N) is 1. The monoisotopic (exact) mass is 201 g/mol. The summed E-state index contributed by atoms with van der Waals surface area (Å²) >= 11 is 0. The van der Waals surface area contributed by atoms with Crippen molar-refractivity contribution in [3.8, 4) is 0 Å². The Morgan fingerprint density at radius 1 is 1.13 bits per heavy atom. The summed E-state index contributed by atoms with van der Waals surface area (Å²) in [6.07, 6.45) is 7.30. The van der Waals surface area contributed by atoms with Crippen LogP contribution in [0.3, 0.4) is 0 Å². The molecule has 2 rings (SSSR count). The van der Waals surface area contributed by atoms with Crippen molar-refractivity contribution >= 4 is 10.9 Å². The van der Waals surface area contributed by atoms with Gasteiger partial charge in [0.05, 0.1) is 0 Å². The number of fused-ring (bicyclic) bond motifs is 1. The Morgan fingerprint density at radius 2 is 2.00 bits per heavy atom. The average molecular weight is 201 g/mol. The van der Waals surface area contributed by atoms with Gasteiger partial charge in [0.1, 0.15) is 0 Å². The molecule has 0 aliphatic carbocycles. The molecule has 0 unspecified atom stereocenters. The van der Waals surface area contributed by atoms with E-state index in [9.17, 15) is 0 Å². The Bertz CT molecular complexity index is 440. The van der Waals surface area contributed by atoms with Crippen molar-refractivity contribution < 1.29 is 0 Å². The quantitative estimate of drug-likeness (QED) is 0.661. The van der Waals surface area contributed by atoms with Crippen LogP contribution >= 0.6 is 0 Å². The molecule has 0 atom stereocenters. The van der Waals surface area contributed by atoms with E-state index >= 15 is 0 Å². The van der Waals surface area contributed by atoms with E-state index < -0.39 is 0 Å². The summed E-state index contributed by atoms with van der Waals surface area (Å²) in [7, 11) is 2.10. The van der Waals surface area contributed by atoms with Gasteiger partial charge in [0, 0.05) is 18.8 Å². The molecule has 1 nitrogen and oxygen atoms in total. The van der Waals surface area contributed by atoms with Crippen molar-refractivity contribution in [3.05, 3.63) is 36.0 Å². The van der Waals surface area contributed by atoms with E-state index in [1.807, 2.05) is 0 Å². The highest BCUT2D eigenvalue weighted by molar-refractivity contribution is 5.80. The molecular formula is C14H19N. The van der Waals surface area contributed by atoms with Crippen molar-refractivity contribution in [2.24, 2.45) is 7.05 Å². The molecule has 0 saturated heterocycles. The molecule has 0 radical (unpaired) electrons. The third kappa shape index (κ3) is 2.23. The van der Waals surface area contributed by atoms with E-state index in [1.165, 1.54) is 42.1 Å². The molecule has 0 fully saturated rings. The van der Waals surface area contributed by atoms with E-state index in [-0.39, 0.29) is 0 Å². The van der Waals surface area contributed by atoms with Crippen LogP contribution < -0.4 is 0 Å². The predicted molar refractivity (Wildman–Crippen MR) is 66.1 cm³/mol. The number of hydrogen-bond donors (Lipinski definition) is 0.